The third kappa shape index (κ3) is 5.66. The van der Waals surface area contributed by atoms with E-state index in [0.717, 1.165) is 17.3 Å². The summed E-state index contributed by atoms with van der Waals surface area (Å²) in [4.78, 5) is 14.6. The smallest absolute Gasteiger partial charge is 0.277 e. The highest BCUT2D eigenvalue weighted by molar-refractivity contribution is 7.99. The van der Waals surface area contributed by atoms with E-state index in [4.69, 9.17) is 4.42 Å². The van der Waals surface area contributed by atoms with Gasteiger partial charge >= 0.3 is 0 Å². The van der Waals surface area contributed by atoms with Gasteiger partial charge in [0.05, 0.1) is 34.7 Å². The van der Waals surface area contributed by atoms with Gasteiger partial charge in [0.1, 0.15) is 0 Å². The van der Waals surface area contributed by atoms with Crippen molar-refractivity contribution < 1.29 is 26.0 Å². The normalized spacial score (nSPS) is 24.3. The Morgan fingerprint density at radius 2 is 1.74 bits per heavy atom. The van der Waals surface area contributed by atoms with Gasteiger partial charge in [-0.15, -0.1) is 10.2 Å². The molecule has 0 radical (unpaired) electrons. The predicted molar refractivity (Wildman–Crippen MR) is 115 cm³/mol. The molecule has 2 fully saturated rings. The number of thioether (sulfide) groups is 1. The number of hydrogen-bond donors (Lipinski definition) is 0. The van der Waals surface area contributed by atoms with Crippen LogP contribution in [0.1, 0.15) is 30.2 Å². The number of benzene rings is 1. The van der Waals surface area contributed by atoms with Gasteiger partial charge in [0.15, 0.2) is 19.7 Å². The summed E-state index contributed by atoms with van der Waals surface area (Å²) in [7, 11) is -6.20. The first-order valence-electron chi connectivity index (χ1n) is 9.91. The molecule has 168 valence electrons. The summed E-state index contributed by atoms with van der Waals surface area (Å²) in [6.45, 7) is 0.329. The molecule has 1 amide bonds. The van der Waals surface area contributed by atoms with E-state index in [1.54, 1.807) is 4.90 Å². The molecule has 0 unspecified atom stereocenters. The van der Waals surface area contributed by atoms with E-state index in [9.17, 15) is 21.6 Å². The van der Waals surface area contributed by atoms with Crippen LogP contribution in [0.5, 0.6) is 0 Å². The van der Waals surface area contributed by atoms with Crippen molar-refractivity contribution in [3.05, 3.63) is 41.8 Å². The SMILES string of the molecule is O=C(CSc1nnc([C@H]2CCS(=O)(=O)C2)o1)N(Cc1ccccc1)[C@@H]1CCS(=O)(=O)C1. The summed E-state index contributed by atoms with van der Waals surface area (Å²) < 4.78 is 52.8. The van der Waals surface area contributed by atoms with E-state index in [1.165, 1.54) is 0 Å². The third-order valence-corrected chi connectivity index (χ3v) is 9.81. The van der Waals surface area contributed by atoms with Crippen molar-refractivity contribution in [1.82, 2.24) is 15.1 Å². The Labute approximate surface area is 185 Å². The Bertz CT molecular complexity index is 1150. The maximum Gasteiger partial charge on any atom is 0.277 e. The summed E-state index contributed by atoms with van der Waals surface area (Å²) in [5, 5.41) is 8.07. The minimum absolute atomic E-state index is 0.000756. The topological polar surface area (TPSA) is 128 Å². The summed E-state index contributed by atoms with van der Waals surface area (Å²) in [6.07, 6.45) is 0.876. The average Bonchev–Trinajstić information content (AvgIpc) is 3.43. The second-order valence-electron chi connectivity index (χ2n) is 7.86. The fourth-order valence-electron chi connectivity index (χ4n) is 3.86. The molecule has 12 heteroatoms. The second-order valence-corrected chi connectivity index (χ2v) is 13.2. The Morgan fingerprint density at radius 3 is 2.39 bits per heavy atom. The number of hydrogen-bond acceptors (Lipinski definition) is 9. The summed E-state index contributed by atoms with van der Waals surface area (Å²) in [5.41, 5.74) is 0.924. The van der Waals surface area contributed by atoms with E-state index in [1.807, 2.05) is 30.3 Å². The van der Waals surface area contributed by atoms with Crippen molar-refractivity contribution >= 4 is 37.3 Å². The van der Waals surface area contributed by atoms with Gasteiger partial charge in [-0.1, -0.05) is 42.1 Å². The van der Waals surface area contributed by atoms with Crippen LogP contribution in [0.2, 0.25) is 0 Å². The van der Waals surface area contributed by atoms with E-state index >= 15 is 0 Å². The quantitative estimate of drug-likeness (QED) is 0.533. The van der Waals surface area contributed by atoms with Crippen LogP contribution < -0.4 is 0 Å². The lowest BCUT2D eigenvalue weighted by Gasteiger charge is -2.28. The first kappa shape index (κ1) is 22.3. The van der Waals surface area contributed by atoms with E-state index in [0.29, 0.717) is 19.4 Å². The molecule has 3 heterocycles. The van der Waals surface area contributed by atoms with Crippen LogP contribution in [-0.2, 0) is 31.0 Å². The molecule has 2 saturated heterocycles. The van der Waals surface area contributed by atoms with Crippen molar-refractivity contribution in [3.63, 3.8) is 0 Å². The van der Waals surface area contributed by atoms with Gasteiger partial charge in [0.2, 0.25) is 11.8 Å². The van der Waals surface area contributed by atoms with Crippen LogP contribution >= 0.6 is 11.8 Å². The molecular formula is C19H23N3O6S3. The summed E-state index contributed by atoms with van der Waals surface area (Å²) in [6, 6.07) is 9.07. The van der Waals surface area contributed by atoms with Crippen molar-refractivity contribution in [2.24, 2.45) is 0 Å². The van der Waals surface area contributed by atoms with Crippen LogP contribution in [-0.4, -0.2) is 72.6 Å². The van der Waals surface area contributed by atoms with Gasteiger partial charge in [-0.25, -0.2) is 16.8 Å². The molecule has 9 nitrogen and oxygen atoms in total. The average molecular weight is 486 g/mol. The maximum atomic E-state index is 13.0. The van der Waals surface area contributed by atoms with Crippen molar-refractivity contribution in [1.29, 1.82) is 0 Å². The van der Waals surface area contributed by atoms with Gasteiger partial charge < -0.3 is 9.32 Å². The van der Waals surface area contributed by atoms with Crippen LogP contribution in [0.15, 0.2) is 40.0 Å². The Balaban J connectivity index is 1.42. The number of carbonyl (C=O) groups is 1. The van der Waals surface area contributed by atoms with Gasteiger partial charge in [-0.05, 0) is 18.4 Å². The monoisotopic (exact) mass is 485 g/mol. The van der Waals surface area contributed by atoms with Crippen LogP contribution in [0.25, 0.3) is 0 Å². The van der Waals surface area contributed by atoms with Crippen molar-refractivity contribution in [3.8, 4) is 0 Å². The fraction of sp³-hybridized carbons (Fsp3) is 0.526. The molecule has 1 aromatic carbocycles. The van der Waals surface area contributed by atoms with Gasteiger partial charge in [-0.3, -0.25) is 4.79 Å². The Kier molecular flexibility index (Phi) is 6.40. The Hall–Kier alpha value is -1.92. The molecule has 1 aromatic heterocycles. The number of sulfone groups is 2. The molecule has 4 rings (SSSR count). The van der Waals surface area contributed by atoms with Crippen molar-refractivity contribution in [2.75, 3.05) is 28.8 Å². The number of carbonyl (C=O) groups excluding carboxylic acids is 1. The molecule has 0 aliphatic carbocycles. The number of rotatable bonds is 7. The van der Waals surface area contributed by atoms with Crippen molar-refractivity contribution in [2.45, 2.75) is 36.6 Å². The zero-order chi connectivity index (χ0) is 22.1. The zero-order valence-electron chi connectivity index (χ0n) is 16.7. The minimum Gasteiger partial charge on any atom is -0.416 e. The minimum atomic E-state index is -3.14. The third-order valence-electron chi connectivity index (χ3n) is 5.49. The number of nitrogens with zero attached hydrogens (tertiary/aromatic N) is 3. The molecular weight excluding hydrogens is 462 g/mol. The zero-order valence-corrected chi connectivity index (χ0v) is 19.2. The molecule has 2 aliphatic rings. The Morgan fingerprint density at radius 1 is 1.03 bits per heavy atom. The molecule has 0 bridgehead atoms. The largest absolute Gasteiger partial charge is 0.416 e. The molecule has 2 aliphatic heterocycles. The lowest BCUT2D eigenvalue weighted by molar-refractivity contribution is -0.130. The molecule has 0 saturated carbocycles. The maximum absolute atomic E-state index is 13.0. The lowest BCUT2D eigenvalue weighted by atomic mass is 10.1. The molecule has 0 spiro atoms. The summed E-state index contributed by atoms with van der Waals surface area (Å²) >= 11 is 1.08. The first-order valence-corrected chi connectivity index (χ1v) is 14.5. The van der Waals surface area contributed by atoms with E-state index in [-0.39, 0.29) is 57.7 Å². The predicted octanol–water partition coefficient (Wildman–Crippen LogP) is 1.28. The van der Waals surface area contributed by atoms with E-state index < -0.39 is 19.7 Å². The second kappa shape index (κ2) is 8.91. The fourth-order valence-corrected chi connectivity index (χ4v) is 7.98. The first-order chi connectivity index (χ1) is 14.7. The number of amides is 1. The lowest BCUT2D eigenvalue weighted by Crippen LogP contribution is -2.41. The molecule has 0 N–H and O–H groups in total. The molecule has 31 heavy (non-hydrogen) atoms. The molecule has 2 aromatic rings. The van der Waals surface area contributed by atoms with Gasteiger partial charge in [0.25, 0.3) is 5.22 Å². The van der Waals surface area contributed by atoms with Crippen LogP contribution in [0.3, 0.4) is 0 Å². The van der Waals surface area contributed by atoms with Crippen LogP contribution in [0.4, 0.5) is 0 Å². The van der Waals surface area contributed by atoms with Gasteiger partial charge in [0, 0.05) is 12.6 Å². The molecule has 2 atom stereocenters. The van der Waals surface area contributed by atoms with Gasteiger partial charge in [-0.2, -0.15) is 0 Å². The number of aromatic nitrogens is 2. The standard InChI is InChI=1S/C19H23N3O6S3/c23-17(11-29-19-21-20-18(28-19)15-6-8-30(24,25)12-15)22(10-14-4-2-1-3-5-14)16-7-9-31(26,27)13-16/h1-5,15-16H,6-13H2/t15-,16+/m0/s1. The summed E-state index contributed by atoms with van der Waals surface area (Å²) in [5.74, 6) is -0.0517. The van der Waals surface area contributed by atoms with Crippen LogP contribution in [0, 0.1) is 0 Å². The highest BCUT2D eigenvalue weighted by atomic mass is 32.2. The highest BCUT2D eigenvalue weighted by Gasteiger charge is 2.35. The van der Waals surface area contributed by atoms with E-state index in [2.05, 4.69) is 10.2 Å². The highest BCUT2D eigenvalue weighted by Crippen LogP contribution is 2.30.